The fourth-order valence-electron chi connectivity index (χ4n) is 2.80. The lowest BCUT2D eigenvalue weighted by Crippen LogP contribution is -2.33. The van der Waals surface area contributed by atoms with Gasteiger partial charge in [0.2, 0.25) is 0 Å². The minimum absolute atomic E-state index is 0.0826. The van der Waals surface area contributed by atoms with E-state index in [2.05, 4.69) is 15.2 Å². The lowest BCUT2D eigenvalue weighted by Gasteiger charge is -2.14. The normalized spacial score (nSPS) is 15.0. The van der Waals surface area contributed by atoms with E-state index >= 15 is 0 Å². The van der Waals surface area contributed by atoms with Crippen molar-refractivity contribution in [2.24, 2.45) is 0 Å². The van der Waals surface area contributed by atoms with Gasteiger partial charge >= 0.3 is 0 Å². The van der Waals surface area contributed by atoms with E-state index in [1.165, 1.54) is 12.8 Å². The molecule has 0 bridgehead atoms. The summed E-state index contributed by atoms with van der Waals surface area (Å²) in [5.41, 5.74) is 0.608. The second kappa shape index (κ2) is 7.36. The Morgan fingerprint density at radius 3 is 2.83 bits per heavy atom. The number of benzene rings is 1. The zero-order chi connectivity index (χ0) is 17.1. The van der Waals surface area contributed by atoms with Crippen LogP contribution in [0.1, 0.15) is 28.2 Å². The second-order valence-corrected chi connectivity index (χ2v) is 6.86. The zero-order valence-electron chi connectivity index (χ0n) is 13.4. The first-order valence-electron chi connectivity index (χ1n) is 7.98. The van der Waals surface area contributed by atoms with Gasteiger partial charge in [-0.3, -0.25) is 4.79 Å². The Morgan fingerprint density at radius 2 is 2.08 bits per heavy atom. The van der Waals surface area contributed by atoms with Crippen molar-refractivity contribution in [3.8, 4) is 10.6 Å². The molecule has 0 atom stereocenters. The van der Waals surface area contributed by atoms with Gasteiger partial charge in [-0.05, 0) is 51.1 Å². The standard InChI is InChI=1S/C17H19F2N3OS/c1-11-15(16(23)20-6-9-22-7-2-3-8-22)24-17(21-11)13-10-12(18)4-5-14(13)19/h4-5,10H,2-3,6-9H2,1H3,(H,20,23). The van der Waals surface area contributed by atoms with E-state index < -0.39 is 11.6 Å². The molecule has 24 heavy (non-hydrogen) atoms. The van der Waals surface area contributed by atoms with Crippen LogP contribution in [0.2, 0.25) is 0 Å². The molecule has 0 unspecified atom stereocenters. The fraction of sp³-hybridized carbons (Fsp3) is 0.412. The number of carbonyl (C=O) groups excluding carboxylic acids is 1. The molecule has 1 aromatic carbocycles. The number of hydrogen-bond acceptors (Lipinski definition) is 4. The summed E-state index contributed by atoms with van der Waals surface area (Å²) in [6, 6.07) is 3.23. The number of hydrogen-bond donors (Lipinski definition) is 1. The number of thiazole rings is 1. The third kappa shape index (κ3) is 3.79. The molecule has 7 heteroatoms. The largest absolute Gasteiger partial charge is 0.350 e. The van der Waals surface area contributed by atoms with Crippen LogP contribution < -0.4 is 5.32 Å². The first kappa shape index (κ1) is 17.0. The molecule has 2 heterocycles. The van der Waals surface area contributed by atoms with E-state index in [1.807, 2.05) is 0 Å². The summed E-state index contributed by atoms with van der Waals surface area (Å²) in [6.07, 6.45) is 2.43. The Hall–Kier alpha value is -1.86. The van der Waals surface area contributed by atoms with Crippen molar-refractivity contribution in [3.63, 3.8) is 0 Å². The smallest absolute Gasteiger partial charge is 0.263 e. The summed E-state index contributed by atoms with van der Waals surface area (Å²) < 4.78 is 27.2. The van der Waals surface area contributed by atoms with Gasteiger partial charge in [0, 0.05) is 18.7 Å². The molecule has 0 saturated carbocycles. The minimum Gasteiger partial charge on any atom is -0.350 e. The third-order valence-corrected chi connectivity index (χ3v) is 5.26. The third-order valence-electron chi connectivity index (χ3n) is 4.07. The number of aromatic nitrogens is 1. The number of rotatable bonds is 5. The number of aryl methyl sites for hydroxylation is 1. The molecule has 1 amide bonds. The van der Waals surface area contributed by atoms with Gasteiger partial charge in [-0.15, -0.1) is 11.3 Å². The van der Waals surface area contributed by atoms with Gasteiger partial charge in [0.1, 0.15) is 21.5 Å². The van der Waals surface area contributed by atoms with Crippen molar-refractivity contribution < 1.29 is 13.6 Å². The molecule has 1 aromatic heterocycles. The van der Waals surface area contributed by atoms with E-state index in [1.54, 1.807) is 6.92 Å². The van der Waals surface area contributed by atoms with Crippen molar-refractivity contribution in [1.82, 2.24) is 15.2 Å². The Morgan fingerprint density at radius 1 is 1.33 bits per heavy atom. The summed E-state index contributed by atoms with van der Waals surface area (Å²) >= 11 is 1.08. The highest BCUT2D eigenvalue weighted by Crippen LogP contribution is 2.30. The van der Waals surface area contributed by atoms with E-state index in [4.69, 9.17) is 0 Å². The number of carbonyl (C=O) groups is 1. The number of halogens is 2. The molecular formula is C17H19F2N3OS. The van der Waals surface area contributed by atoms with E-state index in [9.17, 15) is 13.6 Å². The maximum atomic E-state index is 13.9. The Kier molecular flexibility index (Phi) is 5.20. The molecule has 1 N–H and O–H groups in total. The summed E-state index contributed by atoms with van der Waals surface area (Å²) in [5, 5.41) is 3.19. The highest BCUT2D eigenvalue weighted by atomic mass is 32.1. The second-order valence-electron chi connectivity index (χ2n) is 5.86. The van der Waals surface area contributed by atoms with Crippen LogP contribution >= 0.6 is 11.3 Å². The minimum atomic E-state index is -0.550. The van der Waals surface area contributed by atoms with Crippen LogP contribution in [0.15, 0.2) is 18.2 Å². The van der Waals surface area contributed by atoms with Crippen LogP contribution in [0.3, 0.4) is 0 Å². The summed E-state index contributed by atoms with van der Waals surface area (Å²) in [6.45, 7) is 5.26. The highest BCUT2D eigenvalue weighted by molar-refractivity contribution is 7.17. The molecule has 4 nitrogen and oxygen atoms in total. The lowest BCUT2D eigenvalue weighted by atomic mass is 10.2. The summed E-state index contributed by atoms with van der Waals surface area (Å²) in [7, 11) is 0. The maximum Gasteiger partial charge on any atom is 0.263 e. The monoisotopic (exact) mass is 351 g/mol. The molecule has 0 radical (unpaired) electrons. The van der Waals surface area contributed by atoms with Gasteiger partial charge in [-0.2, -0.15) is 0 Å². The number of likely N-dealkylation sites (tertiary alicyclic amines) is 1. The van der Waals surface area contributed by atoms with Crippen molar-refractivity contribution in [3.05, 3.63) is 40.4 Å². The van der Waals surface area contributed by atoms with Crippen LogP contribution in [0.4, 0.5) is 8.78 Å². The summed E-state index contributed by atoms with van der Waals surface area (Å²) in [4.78, 5) is 19.3. The predicted molar refractivity (Wildman–Crippen MR) is 90.2 cm³/mol. The van der Waals surface area contributed by atoms with Crippen molar-refractivity contribution in [2.45, 2.75) is 19.8 Å². The lowest BCUT2D eigenvalue weighted by molar-refractivity contribution is 0.0953. The van der Waals surface area contributed by atoms with Crippen molar-refractivity contribution in [2.75, 3.05) is 26.2 Å². The van der Waals surface area contributed by atoms with Gasteiger partial charge in [0.05, 0.1) is 5.69 Å². The van der Waals surface area contributed by atoms with Crippen LogP contribution in [0.5, 0.6) is 0 Å². The topological polar surface area (TPSA) is 45.2 Å². The first-order chi connectivity index (χ1) is 11.5. The Balaban J connectivity index is 1.68. The molecule has 0 aliphatic carbocycles. The average molecular weight is 351 g/mol. The molecule has 1 fully saturated rings. The molecule has 0 spiro atoms. The predicted octanol–water partition coefficient (Wildman–Crippen LogP) is 3.22. The first-order valence-corrected chi connectivity index (χ1v) is 8.79. The average Bonchev–Trinajstić information content (AvgIpc) is 3.19. The zero-order valence-corrected chi connectivity index (χ0v) is 14.3. The summed E-state index contributed by atoms with van der Waals surface area (Å²) in [5.74, 6) is -1.30. The van der Waals surface area contributed by atoms with E-state index in [0.717, 1.165) is 49.2 Å². The van der Waals surface area contributed by atoms with Crippen LogP contribution in [0, 0.1) is 18.6 Å². The van der Waals surface area contributed by atoms with Crippen LogP contribution in [-0.2, 0) is 0 Å². The quantitative estimate of drug-likeness (QED) is 0.900. The molecule has 2 aromatic rings. The SMILES string of the molecule is Cc1nc(-c2cc(F)ccc2F)sc1C(=O)NCCN1CCCC1. The van der Waals surface area contributed by atoms with Gasteiger partial charge in [0.25, 0.3) is 5.91 Å². The number of nitrogens with zero attached hydrogens (tertiary/aromatic N) is 2. The van der Waals surface area contributed by atoms with Gasteiger partial charge in [-0.1, -0.05) is 0 Å². The van der Waals surface area contributed by atoms with Crippen LogP contribution in [-0.4, -0.2) is 42.0 Å². The Bertz CT molecular complexity index is 741. The van der Waals surface area contributed by atoms with E-state index in [-0.39, 0.29) is 11.5 Å². The highest BCUT2D eigenvalue weighted by Gasteiger charge is 2.19. The molecule has 1 aliphatic heterocycles. The van der Waals surface area contributed by atoms with Gasteiger partial charge < -0.3 is 10.2 Å². The molecule has 1 saturated heterocycles. The van der Waals surface area contributed by atoms with Gasteiger partial charge in [0.15, 0.2) is 0 Å². The van der Waals surface area contributed by atoms with Crippen molar-refractivity contribution >= 4 is 17.2 Å². The van der Waals surface area contributed by atoms with E-state index in [0.29, 0.717) is 22.1 Å². The number of nitrogens with one attached hydrogen (secondary N) is 1. The molecule has 3 rings (SSSR count). The van der Waals surface area contributed by atoms with Gasteiger partial charge in [-0.25, -0.2) is 13.8 Å². The molecule has 128 valence electrons. The molecular weight excluding hydrogens is 332 g/mol. The Labute approximate surface area is 143 Å². The fourth-order valence-corrected chi connectivity index (χ4v) is 3.80. The van der Waals surface area contributed by atoms with Crippen molar-refractivity contribution in [1.29, 1.82) is 0 Å². The molecule has 1 aliphatic rings. The number of amides is 1. The maximum absolute atomic E-state index is 13.9. The van der Waals surface area contributed by atoms with Crippen LogP contribution in [0.25, 0.3) is 10.6 Å².